The van der Waals surface area contributed by atoms with Crippen LogP contribution in [0.15, 0.2) is 53.6 Å². The van der Waals surface area contributed by atoms with E-state index in [1.807, 2.05) is 37.3 Å². The third-order valence-corrected chi connectivity index (χ3v) is 3.20. The fourth-order valence-electron chi connectivity index (χ4n) is 1.98. The molecule has 5 nitrogen and oxygen atoms in total. The first kappa shape index (κ1) is 15.6. The predicted molar refractivity (Wildman–Crippen MR) is 85.1 cm³/mol. The summed E-state index contributed by atoms with van der Waals surface area (Å²) in [5.41, 5.74) is 4.45. The van der Waals surface area contributed by atoms with Gasteiger partial charge in [0.25, 0.3) is 5.91 Å². The van der Waals surface area contributed by atoms with Gasteiger partial charge in [0.15, 0.2) is 0 Å². The largest absolute Gasteiger partial charge is 0.508 e. The Kier molecular flexibility index (Phi) is 5.14. The van der Waals surface area contributed by atoms with E-state index < -0.39 is 5.91 Å². The molecule has 0 radical (unpaired) electrons. The summed E-state index contributed by atoms with van der Waals surface area (Å²) in [5.74, 6) is -0.902. The molecule has 114 valence electrons. The summed E-state index contributed by atoms with van der Waals surface area (Å²) in [4.78, 5) is 12.0. The van der Waals surface area contributed by atoms with Crippen LogP contribution in [-0.4, -0.2) is 21.8 Å². The molecule has 0 bridgehead atoms. The summed E-state index contributed by atoms with van der Waals surface area (Å²) in [7, 11) is 0. The minimum Gasteiger partial charge on any atom is -0.508 e. The van der Waals surface area contributed by atoms with Crippen LogP contribution in [0.25, 0.3) is 0 Å². The van der Waals surface area contributed by atoms with Gasteiger partial charge in [0, 0.05) is 18.2 Å². The van der Waals surface area contributed by atoms with Gasteiger partial charge in [-0.25, -0.2) is 5.43 Å². The van der Waals surface area contributed by atoms with E-state index in [-0.39, 0.29) is 17.1 Å². The number of amides is 1. The number of phenols is 2. The third kappa shape index (κ3) is 4.09. The Morgan fingerprint density at radius 2 is 1.86 bits per heavy atom. The van der Waals surface area contributed by atoms with E-state index in [0.29, 0.717) is 12.8 Å². The van der Waals surface area contributed by atoms with Crippen LogP contribution in [0.1, 0.15) is 29.3 Å². The second-order valence-corrected chi connectivity index (χ2v) is 4.84. The number of carbonyl (C=O) groups excluding carboxylic acids is 1. The third-order valence-electron chi connectivity index (χ3n) is 3.20. The summed E-state index contributed by atoms with van der Waals surface area (Å²) in [5, 5.41) is 23.0. The molecule has 2 rings (SSSR count). The van der Waals surface area contributed by atoms with E-state index >= 15 is 0 Å². The normalized spacial score (nSPS) is 11.2. The van der Waals surface area contributed by atoms with Gasteiger partial charge in [0.2, 0.25) is 0 Å². The van der Waals surface area contributed by atoms with Crippen LogP contribution >= 0.6 is 0 Å². The van der Waals surface area contributed by atoms with Crippen LogP contribution in [0, 0.1) is 0 Å². The van der Waals surface area contributed by atoms with Gasteiger partial charge in [-0.05, 0) is 24.1 Å². The molecule has 0 aliphatic carbocycles. The molecular formula is C17H18N2O3. The highest BCUT2D eigenvalue weighted by Crippen LogP contribution is 2.22. The molecule has 22 heavy (non-hydrogen) atoms. The van der Waals surface area contributed by atoms with Crippen LogP contribution in [0.3, 0.4) is 0 Å². The Labute approximate surface area is 128 Å². The molecule has 0 aromatic heterocycles. The van der Waals surface area contributed by atoms with Gasteiger partial charge in [-0.1, -0.05) is 37.3 Å². The number of phenolic OH excluding ortho intramolecular Hbond substituents is 2. The van der Waals surface area contributed by atoms with Crippen molar-refractivity contribution < 1.29 is 15.0 Å². The van der Waals surface area contributed by atoms with Gasteiger partial charge in [-0.15, -0.1) is 0 Å². The highest BCUT2D eigenvalue weighted by molar-refractivity contribution is 5.98. The van der Waals surface area contributed by atoms with Crippen molar-refractivity contribution in [3.8, 4) is 11.5 Å². The Morgan fingerprint density at radius 3 is 2.50 bits per heavy atom. The lowest BCUT2D eigenvalue weighted by Crippen LogP contribution is -2.20. The lowest BCUT2D eigenvalue weighted by Gasteiger charge is -2.06. The first-order valence-electron chi connectivity index (χ1n) is 7.02. The fourth-order valence-corrected chi connectivity index (χ4v) is 1.98. The molecule has 3 N–H and O–H groups in total. The number of nitrogens with one attached hydrogen (secondary N) is 1. The highest BCUT2D eigenvalue weighted by Gasteiger charge is 2.11. The van der Waals surface area contributed by atoms with Crippen LogP contribution in [0.2, 0.25) is 0 Å². The molecular weight excluding hydrogens is 280 g/mol. The fraction of sp³-hybridized carbons (Fsp3) is 0.176. The minimum atomic E-state index is -0.517. The Hall–Kier alpha value is -2.82. The first-order valence-corrected chi connectivity index (χ1v) is 7.02. The van der Waals surface area contributed by atoms with Crippen LogP contribution < -0.4 is 5.43 Å². The molecule has 2 aromatic rings. The quantitative estimate of drug-likeness (QED) is 0.586. The van der Waals surface area contributed by atoms with Crippen molar-refractivity contribution in [2.45, 2.75) is 19.8 Å². The Bertz CT molecular complexity index is 682. The van der Waals surface area contributed by atoms with Crippen molar-refractivity contribution in [3.63, 3.8) is 0 Å². The van der Waals surface area contributed by atoms with Gasteiger partial charge in [-0.2, -0.15) is 5.10 Å². The number of nitrogens with zero attached hydrogens (tertiary/aromatic N) is 1. The van der Waals surface area contributed by atoms with Crippen molar-refractivity contribution >= 4 is 11.6 Å². The van der Waals surface area contributed by atoms with Crippen molar-refractivity contribution in [2.75, 3.05) is 0 Å². The maximum Gasteiger partial charge on any atom is 0.275 e. The lowest BCUT2D eigenvalue weighted by atomic mass is 10.1. The number of carbonyl (C=O) groups is 1. The van der Waals surface area contributed by atoms with E-state index in [9.17, 15) is 15.0 Å². The summed E-state index contributed by atoms with van der Waals surface area (Å²) in [6.07, 6.45) is 1.36. The number of rotatable bonds is 5. The van der Waals surface area contributed by atoms with Crippen LogP contribution in [-0.2, 0) is 6.42 Å². The maximum atomic E-state index is 12.0. The van der Waals surface area contributed by atoms with Gasteiger partial charge in [0.05, 0.1) is 5.56 Å². The molecule has 0 atom stereocenters. The maximum absolute atomic E-state index is 12.0. The summed E-state index contributed by atoms with van der Waals surface area (Å²) >= 11 is 0. The topological polar surface area (TPSA) is 81.9 Å². The molecule has 0 fully saturated rings. The van der Waals surface area contributed by atoms with Crippen LogP contribution in [0.4, 0.5) is 0 Å². The molecule has 0 unspecified atom stereocenters. The van der Waals surface area contributed by atoms with E-state index in [1.165, 1.54) is 12.1 Å². The van der Waals surface area contributed by atoms with Gasteiger partial charge < -0.3 is 10.2 Å². The van der Waals surface area contributed by atoms with E-state index in [2.05, 4.69) is 10.5 Å². The summed E-state index contributed by atoms with van der Waals surface area (Å²) < 4.78 is 0. The van der Waals surface area contributed by atoms with Crippen molar-refractivity contribution in [1.29, 1.82) is 0 Å². The SMILES string of the molecule is CC/C(Cc1ccccc1)=N/NC(=O)c1ccc(O)cc1O. The minimum absolute atomic E-state index is 0.0664. The molecule has 0 aliphatic rings. The predicted octanol–water partition coefficient (Wildman–Crippen LogP) is 2.84. The molecule has 0 aliphatic heterocycles. The number of hydrazone groups is 1. The Balaban J connectivity index is 2.06. The van der Waals surface area contributed by atoms with Gasteiger partial charge >= 0.3 is 0 Å². The van der Waals surface area contributed by atoms with Crippen molar-refractivity contribution in [3.05, 3.63) is 59.7 Å². The van der Waals surface area contributed by atoms with E-state index in [1.54, 1.807) is 0 Å². The monoisotopic (exact) mass is 298 g/mol. The van der Waals surface area contributed by atoms with Gasteiger partial charge in [-0.3, -0.25) is 4.79 Å². The Morgan fingerprint density at radius 1 is 1.14 bits per heavy atom. The molecule has 0 spiro atoms. The lowest BCUT2D eigenvalue weighted by molar-refractivity contribution is 0.0952. The molecule has 0 saturated heterocycles. The average Bonchev–Trinajstić information content (AvgIpc) is 2.52. The van der Waals surface area contributed by atoms with Crippen LogP contribution in [0.5, 0.6) is 11.5 Å². The molecule has 1 amide bonds. The number of hydrogen-bond acceptors (Lipinski definition) is 4. The zero-order valence-corrected chi connectivity index (χ0v) is 12.3. The highest BCUT2D eigenvalue weighted by atomic mass is 16.3. The van der Waals surface area contributed by atoms with Crippen molar-refractivity contribution in [2.24, 2.45) is 5.10 Å². The number of hydrogen-bond donors (Lipinski definition) is 3. The molecule has 0 saturated carbocycles. The standard InChI is InChI=1S/C17H18N2O3/c1-2-13(10-12-6-4-3-5-7-12)18-19-17(22)15-9-8-14(20)11-16(15)21/h3-9,11,20-21H,2,10H2,1H3,(H,19,22)/b18-13-. The second kappa shape index (κ2) is 7.26. The zero-order valence-electron chi connectivity index (χ0n) is 12.3. The van der Waals surface area contributed by atoms with E-state index in [0.717, 1.165) is 17.3 Å². The number of benzene rings is 2. The molecule has 2 aromatic carbocycles. The smallest absolute Gasteiger partial charge is 0.275 e. The second-order valence-electron chi connectivity index (χ2n) is 4.84. The van der Waals surface area contributed by atoms with Crippen molar-refractivity contribution in [1.82, 2.24) is 5.43 Å². The summed E-state index contributed by atoms with van der Waals surface area (Å²) in [6, 6.07) is 13.6. The zero-order chi connectivity index (χ0) is 15.9. The molecule has 5 heteroatoms. The average molecular weight is 298 g/mol. The van der Waals surface area contributed by atoms with Gasteiger partial charge in [0.1, 0.15) is 11.5 Å². The first-order chi connectivity index (χ1) is 10.6. The number of aromatic hydroxyl groups is 2. The molecule has 0 heterocycles. The summed E-state index contributed by atoms with van der Waals surface area (Å²) in [6.45, 7) is 1.96. The van der Waals surface area contributed by atoms with E-state index in [4.69, 9.17) is 0 Å².